The first-order valence-corrected chi connectivity index (χ1v) is 8.88. The number of aliphatic imine (C=N–C) groups is 1. The predicted molar refractivity (Wildman–Crippen MR) is 99.1 cm³/mol. The van der Waals surface area contributed by atoms with Crippen molar-refractivity contribution in [2.24, 2.45) is 10.9 Å². The molecule has 0 spiro atoms. The number of hydrogen-bond donors (Lipinski definition) is 1. The minimum absolute atomic E-state index is 0.712. The van der Waals surface area contributed by atoms with Gasteiger partial charge in [-0.2, -0.15) is 0 Å². The number of rotatable bonds is 5. The fraction of sp³-hybridized carbons (Fsp3) is 0.611. The highest BCUT2D eigenvalue weighted by molar-refractivity contribution is 6.30. The number of piperidine rings is 1. The number of halogens is 1. The third kappa shape index (κ3) is 5.70. The van der Waals surface area contributed by atoms with Crippen LogP contribution in [0, 0.1) is 5.92 Å². The molecule has 1 atom stereocenters. The van der Waals surface area contributed by atoms with E-state index in [1.807, 2.05) is 19.2 Å². The van der Waals surface area contributed by atoms with Gasteiger partial charge in [0.05, 0.1) is 0 Å². The van der Waals surface area contributed by atoms with Crippen LogP contribution in [0.2, 0.25) is 5.02 Å². The summed E-state index contributed by atoms with van der Waals surface area (Å²) in [5.41, 5.74) is 1.23. The van der Waals surface area contributed by atoms with Gasteiger partial charge in [-0.15, -0.1) is 0 Å². The van der Waals surface area contributed by atoms with Gasteiger partial charge in [-0.05, 0) is 49.5 Å². The molecule has 0 bridgehead atoms. The summed E-state index contributed by atoms with van der Waals surface area (Å²) in [6.45, 7) is 7.66. The van der Waals surface area contributed by atoms with E-state index in [0.29, 0.717) is 5.92 Å². The van der Waals surface area contributed by atoms with Crippen molar-refractivity contribution in [3.63, 3.8) is 0 Å². The quantitative estimate of drug-likeness (QED) is 0.662. The minimum atomic E-state index is 0.712. The number of hydrogen-bond acceptors (Lipinski definition) is 2. The summed E-state index contributed by atoms with van der Waals surface area (Å²) in [5, 5.41) is 4.31. The Hall–Kier alpha value is -1.26. The molecule has 4 nitrogen and oxygen atoms in total. The van der Waals surface area contributed by atoms with Gasteiger partial charge in [-0.25, -0.2) is 0 Å². The van der Waals surface area contributed by atoms with Crippen LogP contribution in [0.15, 0.2) is 29.3 Å². The van der Waals surface area contributed by atoms with E-state index in [9.17, 15) is 0 Å². The van der Waals surface area contributed by atoms with E-state index in [4.69, 9.17) is 11.6 Å². The summed E-state index contributed by atoms with van der Waals surface area (Å²) < 4.78 is 0. The van der Waals surface area contributed by atoms with E-state index in [1.54, 1.807) is 0 Å². The van der Waals surface area contributed by atoms with Crippen molar-refractivity contribution in [3.05, 3.63) is 34.9 Å². The fourth-order valence-corrected chi connectivity index (χ4v) is 3.29. The van der Waals surface area contributed by atoms with Crippen LogP contribution in [0.4, 0.5) is 0 Å². The summed E-state index contributed by atoms with van der Waals surface area (Å²) in [6.07, 6.45) is 2.61. The molecule has 1 aliphatic heterocycles. The average molecular weight is 337 g/mol. The van der Waals surface area contributed by atoms with Gasteiger partial charge >= 0.3 is 0 Å². The van der Waals surface area contributed by atoms with Gasteiger partial charge in [0.2, 0.25) is 0 Å². The van der Waals surface area contributed by atoms with Crippen LogP contribution in [0.3, 0.4) is 0 Å². The van der Waals surface area contributed by atoms with Crippen LogP contribution >= 0.6 is 11.6 Å². The van der Waals surface area contributed by atoms with Crippen LogP contribution in [0.1, 0.15) is 25.3 Å². The molecule has 2 rings (SSSR count). The Morgan fingerprint density at radius 3 is 2.78 bits per heavy atom. The van der Waals surface area contributed by atoms with Gasteiger partial charge in [-0.1, -0.05) is 30.7 Å². The molecule has 1 aliphatic rings. The van der Waals surface area contributed by atoms with Gasteiger partial charge in [-0.3, -0.25) is 4.99 Å². The smallest absolute Gasteiger partial charge is 0.193 e. The highest BCUT2D eigenvalue weighted by Crippen LogP contribution is 2.15. The first kappa shape index (κ1) is 18.1. The van der Waals surface area contributed by atoms with Gasteiger partial charge in [0.25, 0.3) is 0 Å². The molecule has 0 aromatic heterocycles. The van der Waals surface area contributed by atoms with E-state index >= 15 is 0 Å². The van der Waals surface area contributed by atoms with E-state index in [0.717, 1.165) is 30.6 Å². The Kier molecular flexibility index (Phi) is 7.18. The van der Waals surface area contributed by atoms with E-state index < -0.39 is 0 Å². The molecule has 1 unspecified atom stereocenters. The minimum Gasteiger partial charge on any atom is -0.356 e. The number of nitrogens with one attached hydrogen (secondary N) is 1. The zero-order valence-corrected chi connectivity index (χ0v) is 15.3. The van der Waals surface area contributed by atoms with Crippen LogP contribution in [0.5, 0.6) is 0 Å². The molecule has 0 aliphatic carbocycles. The van der Waals surface area contributed by atoms with Crippen molar-refractivity contribution < 1.29 is 0 Å². The number of nitrogens with zero attached hydrogens (tertiary/aromatic N) is 3. The van der Waals surface area contributed by atoms with Gasteiger partial charge < -0.3 is 15.1 Å². The summed E-state index contributed by atoms with van der Waals surface area (Å²) in [4.78, 5) is 9.11. The first-order chi connectivity index (χ1) is 11.1. The second kappa shape index (κ2) is 9.14. The molecule has 1 fully saturated rings. The van der Waals surface area contributed by atoms with Crippen LogP contribution < -0.4 is 5.32 Å². The van der Waals surface area contributed by atoms with Crippen LogP contribution in [0.25, 0.3) is 0 Å². The fourth-order valence-electron chi connectivity index (χ4n) is 3.16. The van der Waals surface area contributed by atoms with E-state index in [2.05, 4.69) is 46.2 Å². The molecule has 0 radical (unpaired) electrons. The lowest BCUT2D eigenvalue weighted by atomic mass is 9.98. The van der Waals surface area contributed by atoms with Crippen LogP contribution in [-0.4, -0.2) is 56.0 Å². The largest absolute Gasteiger partial charge is 0.356 e. The van der Waals surface area contributed by atoms with Crippen molar-refractivity contribution in [2.45, 2.75) is 26.3 Å². The molecule has 1 N–H and O–H groups in total. The Morgan fingerprint density at radius 2 is 2.13 bits per heavy atom. The molecular weight excluding hydrogens is 308 g/mol. The third-order valence-corrected chi connectivity index (χ3v) is 4.76. The van der Waals surface area contributed by atoms with Crippen molar-refractivity contribution in [1.29, 1.82) is 0 Å². The van der Waals surface area contributed by atoms with Gasteiger partial charge in [0.15, 0.2) is 5.96 Å². The van der Waals surface area contributed by atoms with E-state index in [1.165, 1.54) is 31.5 Å². The third-order valence-electron chi connectivity index (χ3n) is 4.51. The first-order valence-electron chi connectivity index (χ1n) is 8.51. The van der Waals surface area contributed by atoms with E-state index in [-0.39, 0.29) is 0 Å². The maximum Gasteiger partial charge on any atom is 0.193 e. The Morgan fingerprint density at radius 1 is 1.39 bits per heavy atom. The summed E-state index contributed by atoms with van der Waals surface area (Å²) >= 11 is 5.94. The highest BCUT2D eigenvalue weighted by atomic mass is 35.5. The summed E-state index contributed by atoms with van der Waals surface area (Å²) in [6, 6.07) is 7.99. The Balaban J connectivity index is 1.83. The van der Waals surface area contributed by atoms with Crippen molar-refractivity contribution in [3.8, 4) is 0 Å². The standard InChI is InChI=1S/C18H29ClN4/c1-4-23-11-5-6-16(14-23)12-21-18(20-2)22(3)13-15-7-9-17(19)10-8-15/h7-10,16H,4-6,11-14H2,1-3H3,(H,20,21). The molecule has 128 valence electrons. The molecule has 1 aromatic carbocycles. The molecule has 0 amide bonds. The molecule has 5 heteroatoms. The molecule has 1 saturated heterocycles. The van der Waals surface area contributed by atoms with Crippen molar-refractivity contribution in [1.82, 2.24) is 15.1 Å². The maximum absolute atomic E-state index is 5.94. The lowest BCUT2D eigenvalue weighted by molar-refractivity contribution is 0.183. The molecule has 1 heterocycles. The Labute approximate surface area is 145 Å². The van der Waals surface area contributed by atoms with Crippen molar-refractivity contribution in [2.75, 3.05) is 40.3 Å². The second-order valence-corrected chi connectivity index (χ2v) is 6.75. The summed E-state index contributed by atoms with van der Waals surface area (Å²) in [5.74, 6) is 1.66. The SMILES string of the molecule is CCN1CCCC(CNC(=NC)N(C)Cc2ccc(Cl)cc2)C1. The zero-order valence-electron chi connectivity index (χ0n) is 14.6. The zero-order chi connectivity index (χ0) is 16.7. The molecule has 1 aromatic rings. The Bertz CT molecular complexity index is 500. The highest BCUT2D eigenvalue weighted by Gasteiger charge is 2.19. The lowest BCUT2D eigenvalue weighted by Gasteiger charge is -2.33. The maximum atomic E-state index is 5.94. The van der Waals surface area contributed by atoms with Crippen molar-refractivity contribution >= 4 is 17.6 Å². The molecule has 0 saturated carbocycles. The summed E-state index contributed by atoms with van der Waals surface area (Å²) in [7, 11) is 3.92. The number of benzene rings is 1. The normalized spacial score (nSPS) is 19.7. The van der Waals surface area contributed by atoms with Crippen LogP contribution in [-0.2, 0) is 6.54 Å². The van der Waals surface area contributed by atoms with Gasteiger partial charge in [0.1, 0.15) is 0 Å². The number of guanidine groups is 1. The molecular formula is C18H29ClN4. The predicted octanol–water partition coefficient (Wildman–Crippen LogP) is 3.08. The lowest BCUT2D eigenvalue weighted by Crippen LogP contribution is -2.44. The molecule has 23 heavy (non-hydrogen) atoms. The topological polar surface area (TPSA) is 30.9 Å². The number of likely N-dealkylation sites (tertiary alicyclic amines) is 1. The van der Waals surface area contributed by atoms with Gasteiger partial charge in [0, 0.05) is 38.8 Å². The second-order valence-electron chi connectivity index (χ2n) is 6.31. The monoisotopic (exact) mass is 336 g/mol. The average Bonchev–Trinajstić information content (AvgIpc) is 2.57.